The van der Waals surface area contributed by atoms with Gasteiger partial charge in [0.2, 0.25) is 0 Å². The lowest BCUT2D eigenvalue weighted by Crippen LogP contribution is -2.10. The average Bonchev–Trinajstić information content (AvgIpc) is 2.36. The van der Waals surface area contributed by atoms with Crippen LogP contribution in [0.2, 0.25) is 0 Å². The Balaban J connectivity index is 2.57. The van der Waals surface area contributed by atoms with Crippen molar-refractivity contribution < 1.29 is 8.42 Å². The second-order valence-corrected chi connectivity index (χ2v) is 5.98. The molecule has 1 aliphatic carbocycles. The summed E-state index contributed by atoms with van der Waals surface area (Å²) in [6, 6.07) is 0. The van der Waals surface area contributed by atoms with E-state index >= 15 is 0 Å². The maximum absolute atomic E-state index is 11.5. The molecular formula is C12H14O2S. The van der Waals surface area contributed by atoms with Crippen LogP contribution < -0.4 is 0 Å². The molecule has 0 bridgehead atoms. The van der Waals surface area contributed by atoms with E-state index in [2.05, 4.69) is 6.58 Å². The summed E-state index contributed by atoms with van der Waals surface area (Å²) in [5.41, 5.74) is 3.99. The van der Waals surface area contributed by atoms with Gasteiger partial charge < -0.3 is 0 Å². The van der Waals surface area contributed by atoms with Crippen molar-refractivity contribution in [3.8, 4) is 0 Å². The smallest absolute Gasteiger partial charge is 0.193 e. The van der Waals surface area contributed by atoms with Gasteiger partial charge >= 0.3 is 0 Å². The Morgan fingerprint density at radius 3 is 2.73 bits per heavy atom. The van der Waals surface area contributed by atoms with Crippen molar-refractivity contribution >= 4 is 9.84 Å². The summed E-state index contributed by atoms with van der Waals surface area (Å²) in [5.74, 6) is 0.165. The molecule has 2 rings (SSSR count). The zero-order valence-electron chi connectivity index (χ0n) is 8.95. The molecule has 0 aromatic heterocycles. The van der Waals surface area contributed by atoms with Crippen molar-refractivity contribution in [1.29, 1.82) is 0 Å². The highest BCUT2D eigenvalue weighted by molar-refractivity contribution is 7.97. The number of rotatable bonds is 1. The fraction of sp³-hybridized carbons (Fsp3) is 0.333. The van der Waals surface area contributed by atoms with Gasteiger partial charge in [0.05, 0.1) is 0 Å². The quantitative estimate of drug-likeness (QED) is 0.639. The van der Waals surface area contributed by atoms with Crippen LogP contribution in [0, 0.1) is 5.92 Å². The van der Waals surface area contributed by atoms with Crippen LogP contribution in [0.25, 0.3) is 0 Å². The third kappa shape index (κ3) is 1.84. The van der Waals surface area contributed by atoms with Crippen molar-refractivity contribution in [2.24, 2.45) is 5.92 Å². The second-order valence-electron chi connectivity index (χ2n) is 4.33. The third-order valence-corrected chi connectivity index (χ3v) is 3.98. The molecule has 2 nitrogen and oxygen atoms in total. The van der Waals surface area contributed by atoms with Crippen molar-refractivity contribution in [3.05, 3.63) is 45.8 Å². The Hall–Kier alpha value is -1.09. The zero-order chi connectivity index (χ0) is 11.2. The molecule has 0 saturated carbocycles. The van der Waals surface area contributed by atoms with Gasteiger partial charge in [-0.1, -0.05) is 23.8 Å². The molecule has 0 N–H and O–H groups in total. The van der Waals surface area contributed by atoms with E-state index in [1.54, 1.807) is 0 Å². The van der Waals surface area contributed by atoms with Crippen LogP contribution in [0.3, 0.4) is 0 Å². The Bertz CT molecular complexity index is 516. The first-order valence-corrected chi connectivity index (χ1v) is 6.51. The van der Waals surface area contributed by atoms with E-state index in [1.807, 2.05) is 19.9 Å². The van der Waals surface area contributed by atoms with E-state index in [1.165, 1.54) is 16.4 Å². The fourth-order valence-corrected chi connectivity index (χ4v) is 3.40. The fourth-order valence-electron chi connectivity index (χ4n) is 2.12. The van der Waals surface area contributed by atoms with E-state index in [4.69, 9.17) is 0 Å². The summed E-state index contributed by atoms with van der Waals surface area (Å²) in [5, 5.41) is 2.73. The van der Waals surface area contributed by atoms with Gasteiger partial charge in [-0.3, -0.25) is 0 Å². The van der Waals surface area contributed by atoms with E-state index in [0.717, 1.165) is 23.1 Å². The van der Waals surface area contributed by atoms with Crippen LogP contribution in [0.4, 0.5) is 0 Å². The molecule has 0 radical (unpaired) electrons. The van der Waals surface area contributed by atoms with Crippen LogP contribution in [-0.2, 0) is 9.84 Å². The predicted octanol–water partition coefficient (Wildman–Crippen LogP) is 2.72. The average molecular weight is 222 g/mol. The monoisotopic (exact) mass is 222 g/mol. The summed E-state index contributed by atoms with van der Waals surface area (Å²) >= 11 is 0. The Morgan fingerprint density at radius 1 is 1.47 bits per heavy atom. The largest absolute Gasteiger partial charge is 0.220 e. The molecular weight excluding hydrogens is 208 g/mol. The lowest BCUT2D eigenvalue weighted by atomic mass is 9.80. The van der Waals surface area contributed by atoms with E-state index in [0.29, 0.717) is 0 Å². The van der Waals surface area contributed by atoms with Gasteiger partial charge in [-0.15, -0.1) is 0 Å². The Kier molecular flexibility index (Phi) is 2.23. The van der Waals surface area contributed by atoms with Gasteiger partial charge in [0, 0.05) is 16.7 Å². The van der Waals surface area contributed by atoms with Crippen molar-refractivity contribution in [2.45, 2.75) is 20.3 Å². The van der Waals surface area contributed by atoms with Crippen LogP contribution >= 0.6 is 0 Å². The summed E-state index contributed by atoms with van der Waals surface area (Å²) in [7, 11) is -3.13. The lowest BCUT2D eigenvalue weighted by Gasteiger charge is -2.24. The highest BCUT2D eigenvalue weighted by Gasteiger charge is 2.29. The molecule has 0 aromatic carbocycles. The first-order chi connectivity index (χ1) is 6.89. The van der Waals surface area contributed by atoms with Crippen LogP contribution in [0.15, 0.2) is 45.8 Å². The Morgan fingerprint density at radius 2 is 2.13 bits per heavy atom. The summed E-state index contributed by atoms with van der Waals surface area (Å²) < 4.78 is 22.9. The first kappa shape index (κ1) is 10.4. The van der Waals surface area contributed by atoms with Gasteiger partial charge in [-0.25, -0.2) is 8.42 Å². The molecule has 0 spiro atoms. The van der Waals surface area contributed by atoms with Crippen LogP contribution in [0.1, 0.15) is 20.3 Å². The third-order valence-electron chi connectivity index (χ3n) is 2.81. The first-order valence-electron chi connectivity index (χ1n) is 4.90. The molecule has 15 heavy (non-hydrogen) atoms. The summed E-state index contributed by atoms with van der Waals surface area (Å²) in [4.78, 5) is 0. The molecule has 0 saturated heterocycles. The van der Waals surface area contributed by atoms with E-state index in [-0.39, 0.29) is 5.92 Å². The number of fused-ring (bicyclic) bond motifs is 1. The number of hydrogen-bond donors (Lipinski definition) is 0. The molecule has 2 aliphatic rings. The summed E-state index contributed by atoms with van der Waals surface area (Å²) in [6.45, 7) is 7.91. The highest BCUT2D eigenvalue weighted by Crippen LogP contribution is 2.40. The maximum atomic E-state index is 11.5. The van der Waals surface area contributed by atoms with Gasteiger partial charge in [0.15, 0.2) is 9.84 Å². The van der Waals surface area contributed by atoms with Crippen molar-refractivity contribution in [3.63, 3.8) is 0 Å². The lowest BCUT2D eigenvalue weighted by molar-refractivity contribution is 0.612. The van der Waals surface area contributed by atoms with E-state index < -0.39 is 9.84 Å². The molecule has 1 aliphatic heterocycles. The Labute approximate surface area is 90.6 Å². The van der Waals surface area contributed by atoms with Gasteiger partial charge in [-0.2, -0.15) is 0 Å². The second kappa shape index (κ2) is 3.20. The van der Waals surface area contributed by atoms with Crippen molar-refractivity contribution in [2.75, 3.05) is 0 Å². The number of hydrogen-bond acceptors (Lipinski definition) is 2. The molecule has 0 aromatic rings. The van der Waals surface area contributed by atoms with Gasteiger partial charge in [-0.05, 0) is 31.4 Å². The van der Waals surface area contributed by atoms with E-state index in [9.17, 15) is 8.42 Å². The van der Waals surface area contributed by atoms with Crippen LogP contribution in [0.5, 0.6) is 0 Å². The summed E-state index contributed by atoms with van der Waals surface area (Å²) in [6.07, 6.45) is 2.84. The topological polar surface area (TPSA) is 34.1 Å². The maximum Gasteiger partial charge on any atom is 0.193 e. The molecule has 0 amide bonds. The highest BCUT2D eigenvalue weighted by atomic mass is 32.2. The zero-order valence-corrected chi connectivity index (χ0v) is 9.76. The minimum atomic E-state index is -3.13. The van der Waals surface area contributed by atoms with Gasteiger partial charge in [0.25, 0.3) is 0 Å². The molecule has 3 heteroatoms. The number of sulfone groups is 1. The molecule has 1 atom stereocenters. The minimum Gasteiger partial charge on any atom is -0.220 e. The van der Waals surface area contributed by atoms with Gasteiger partial charge in [0.1, 0.15) is 0 Å². The van der Waals surface area contributed by atoms with Crippen molar-refractivity contribution in [1.82, 2.24) is 0 Å². The number of allylic oxidation sites excluding steroid dienone is 5. The standard InChI is InChI=1S/C12H14O2S/c1-8(2)11-5-9(3)4-10-6-15(13,14)7-12(10)11/h4,6-7,11H,1,5H2,2-3H3. The predicted molar refractivity (Wildman–Crippen MR) is 61.8 cm³/mol. The van der Waals surface area contributed by atoms with Crippen LogP contribution in [-0.4, -0.2) is 8.42 Å². The molecule has 80 valence electrons. The molecule has 0 fully saturated rings. The minimum absolute atomic E-state index is 0.165. The normalized spacial score (nSPS) is 27.6. The molecule has 1 heterocycles. The SMILES string of the molecule is C=C(C)C1CC(C)=CC2=CS(=O)(=O)C=C21. The molecule has 1 unspecified atom stereocenters.